The molecule has 0 spiro atoms. The van der Waals surface area contributed by atoms with Crippen molar-refractivity contribution in [2.24, 2.45) is 0 Å². The minimum Gasteiger partial charge on any atom is -0.463 e. The van der Waals surface area contributed by atoms with E-state index in [9.17, 15) is 43.5 Å². The first-order valence-electron chi connectivity index (χ1n) is 42.2. The maximum Gasteiger partial charge on any atom is 0.472 e. The molecular weight excluding hydrogens is 1360 g/mol. The maximum absolute atomic E-state index is 12.9. The Kier molecular flexibility index (Phi) is 76.9. The van der Waals surface area contributed by atoms with Gasteiger partial charge in [0.2, 0.25) is 0 Å². The van der Waals surface area contributed by atoms with E-state index in [1.165, 1.54) is 180 Å². The molecule has 0 aromatic carbocycles. The van der Waals surface area contributed by atoms with E-state index in [1.807, 2.05) is 0 Å². The van der Waals surface area contributed by atoms with E-state index in [2.05, 4.69) is 130 Å². The summed E-state index contributed by atoms with van der Waals surface area (Å²) in [6.07, 6.45) is 94.4. The van der Waals surface area contributed by atoms with E-state index in [4.69, 9.17) is 32.3 Å². The molecule has 0 radical (unpaired) electrons. The van der Waals surface area contributed by atoms with Crippen LogP contribution in [0.1, 0.15) is 367 Å². The van der Waals surface area contributed by atoms with Crippen LogP contribution >= 0.6 is 15.6 Å². The average molecular weight is 1520 g/mol. The van der Waals surface area contributed by atoms with Crippen molar-refractivity contribution in [1.29, 1.82) is 0 Å². The van der Waals surface area contributed by atoms with Crippen molar-refractivity contribution in [2.75, 3.05) is 39.6 Å². The Hall–Kier alpha value is -3.79. The first kappa shape index (κ1) is 101. The number of phosphoric ester groups is 2. The Labute approximate surface area is 640 Å². The van der Waals surface area contributed by atoms with Gasteiger partial charge in [-0.15, -0.1) is 0 Å². The number of carbonyl (C=O) groups is 3. The quantitative estimate of drug-likeness (QED) is 0.0146. The lowest BCUT2D eigenvalue weighted by molar-refractivity contribution is -0.161. The number of unbranched alkanes of at least 4 members (excludes halogenated alkanes) is 39. The standard InChI is InChI=1S/C87H154O16P2/c1-4-7-10-13-16-19-22-24-26-28-30-32-34-36-37-38-39-40-41-42-43-45-47-48-50-52-54-56-59-61-64-67-70-73-85(90)97-76-82(88)77-99-104(93,94)100-78-83(89)79-101-105(95,96)102-81-84(103-87(92)75-72-69-66-63-58-21-18-15-12-9-6-3)80-98-86(91)74-71-68-65-62-60-57-55-53-51-49-46-44-35-33-31-29-27-25-23-20-17-14-11-8-5-2/h7,10,16-17,19-20,24-27,30-33,36-37,44,46,82-84,88-89H,4-6,8-9,11-15,18,21-23,28-29,34-35,38-43,45,47-81H2,1-3H3,(H,93,94)(H,95,96)/b10-7-,19-16-,20-17-,26-24-,27-25-,32-30-,33-31-,37-36-,46-44-. The van der Waals surface area contributed by atoms with E-state index in [0.717, 1.165) is 128 Å². The predicted molar refractivity (Wildman–Crippen MR) is 436 cm³/mol. The first-order valence-corrected chi connectivity index (χ1v) is 45.2. The lowest BCUT2D eigenvalue weighted by Gasteiger charge is -2.21. The molecule has 608 valence electrons. The third-order valence-electron chi connectivity index (χ3n) is 18.0. The second kappa shape index (κ2) is 79.8. The van der Waals surface area contributed by atoms with Crippen LogP contribution in [0.15, 0.2) is 109 Å². The number of aliphatic hydroxyl groups is 2. The number of carbonyl (C=O) groups excluding carboxylic acids is 3. The zero-order valence-corrected chi connectivity index (χ0v) is 68.4. The monoisotopic (exact) mass is 1520 g/mol. The molecule has 4 N–H and O–H groups in total. The van der Waals surface area contributed by atoms with Gasteiger partial charge in [0.15, 0.2) is 6.10 Å². The normalized spacial score (nSPS) is 14.5. The SMILES string of the molecule is CC/C=C\C/C=C\C/C=C\C/C=C\C/C=C\CCCCCCCCCCCCCCCCCCCC(=O)OCC(O)COP(=O)(O)OCC(O)COP(=O)(O)OCC(COC(=O)CCCCCCCCCCC/C=C\C/C=C\C/C=C\C/C=C\CCCCC)OC(=O)CCCCCCCCCCCCC. The molecule has 18 heteroatoms. The van der Waals surface area contributed by atoms with Crippen LogP contribution in [0.4, 0.5) is 0 Å². The van der Waals surface area contributed by atoms with Crippen LogP contribution in [0.5, 0.6) is 0 Å². The van der Waals surface area contributed by atoms with Crippen LogP contribution in [0.2, 0.25) is 0 Å². The third-order valence-corrected chi connectivity index (χ3v) is 19.9. The van der Waals surface area contributed by atoms with E-state index < -0.39 is 91.5 Å². The minimum absolute atomic E-state index is 0.106. The average Bonchev–Trinajstić information content (AvgIpc) is 0.933. The Morgan fingerprint density at radius 2 is 0.505 bits per heavy atom. The number of allylic oxidation sites excluding steroid dienone is 18. The van der Waals surface area contributed by atoms with Crippen LogP contribution in [0.3, 0.4) is 0 Å². The molecule has 0 aliphatic carbocycles. The predicted octanol–water partition coefficient (Wildman–Crippen LogP) is 25.1. The first-order chi connectivity index (χ1) is 51.2. The smallest absolute Gasteiger partial charge is 0.463 e. The van der Waals surface area contributed by atoms with Crippen LogP contribution in [-0.4, -0.2) is 95.9 Å². The summed E-state index contributed by atoms with van der Waals surface area (Å²) in [6, 6.07) is 0. The number of esters is 3. The zero-order chi connectivity index (χ0) is 76.6. The van der Waals surface area contributed by atoms with Crippen LogP contribution in [0.25, 0.3) is 0 Å². The Morgan fingerprint density at radius 3 is 0.819 bits per heavy atom. The molecule has 0 fully saturated rings. The van der Waals surface area contributed by atoms with Crippen molar-refractivity contribution in [3.63, 3.8) is 0 Å². The molecule has 0 heterocycles. The molecule has 0 aromatic heterocycles. The van der Waals surface area contributed by atoms with Gasteiger partial charge in [-0.05, 0) is 109 Å². The largest absolute Gasteiger partial charge is 0.472 e. The molecule has 5 atom stereocenters. The van der Waals surface area contributed by atoms with E-state index in [-0.39, 0.29) is 19.3 Å². The number of aliphatic hydroxyl groups excluding tert-OH is 2. The number of rotatable bonds is 80. The van der Waals surface area contributed by atoms with Gasteiger partial charge < -0.3 is 34.2 Å². The fourth-order valence-electron chi connectivity index (χ4n) is 11.6. The molecule has 0 saturated carbocycles. The van der Waals surface area contributed by atoms with E-state index in [1.54, 1.807) is 0 Å². The summed E-state index contributed by atoms with van der Waals surface area (Å²) in [5.41, 5.74) is 0. The molecule has 16 nitrogen and oxygen atoms in total. The summed E-state index contributed by atoms with van der Waals surface area (Å²) in [6.45, 7) is 2.57. The molecule has 0 bridgehead atoms. The molecule has 105 heavy (non-hydrogen) atoms. The van der Waals surface area contributed by atoms with Gasteiger partial charge >= 0.3 is 33.6 Å². The zero-order valence-electron chi connectivity index (χ0n) is 66.6. The van der Waals surface area contributed by atoms with Crippen molar-refractivity contribution >= 4 is 33.6 Å². The van der Waals surface area contributed by atoms with Crippen molar-refractivity contribution in [3.8, 4) is 0 Å². The topological polar surface area (TPSA) is 231 Å². The Bertz CT molecular complexity index is 2340. The number of hydrogen-bond donors (Lipinski definition) is 4. The Balaban J connectivity index is 4.36. The highest BCUT2D eigenvalue weighted by Crippen LogP contribution is 2.45. The summed E-state index contributed by atoms with van der Waals surface area (Å²) in [5, 5.41) is 20.6. The maximum atomic E-state index is 12.9. The highest BCUT2D eigenvalue weighted by atomic mass is 31.2. The molecule has 0 aliphatic rings. The second-order valence-electron chi connectivity index (χ2n) is 28.3. The summed E-state index contributed by atoms with van der Waals surface area (Å²) in [7, 11) is -9.78. The second-order valence-corrected chi connectivity index (χ2v) is 31.2. The fourth-order valence-corrected chi connectivity index (χ4v) is 13.2. The molecule has 5 unspecified atom stereocenters. The van der Waals surface area contributed by atoms with E-state index >= 15 is 0 Å². The van der Waals surface area contributed by atoms with Crippen molar-refractivity contribution in [2.45, 2.75) is 386 Å². The van der Waals surface area contributed by atoms with Gasteiger partial charge in [-0.3, -0.25) is 32.5 Å². The van der Waals surface area contributed by atoms with Crippen molar-refractivity contribution in [1.82, 2.24) is 0 Å². The lowest BCUT2D eigenvalue weighted by atomic mass is 10.0. The van der Waals surface area contributed by atoms with Crippen LogP contribution in [-0.2, 0) is 55.8 Å². The van der Waals surface area contributed by atoms with Gasteiger partial charge in [0.05, 0.1) is 26.4 Å². The summed E-state index contributed by atoms with van der Waals surface area (Å²) >= 11 is 0. The molecule has 0 amide bonds. The number of ether oxygens (including phenoxy) is 3. The van der Waals surface area contributed by atoms with Gasteiger partial charge in [-0.25, -0.2) is 9.13 Å². The highest BCUT2D eigenvalue weighted by Gasteiger charge is 2.29. The van der Waals surface area contributed by atoms with Gasteiger partial charge in [-0.1, -0.05) is 348 Å². The van der Waals surface area contributed by atoms with Crippen LogP contribution in [0, 0.1) is 0 Å². The number of phosphoric acid groups is 2. The van der Waals surface area contributed by atoms with E-state index in [0.29, 0.717) is 19.3 Å². The van der Waals surface area contributed by atoms with Crippen molar-refractivity contribution < 1.29 is 75.8 Å². The van der Waals surface area contributed by atoms with Crippen molar-refractivity contribution in [3.05, 3.63) is 109 Å². The van der Waals surface area contributed by atoms with Gasteiger partial charge in [-0.2, -0.15) is 0 Å². The summed E-state index contributed by atoms with van der Waals surface area (Å²) in [4.78, 5) is 58.6. The summed E-state index contributed by atoms with van der Waals surface area (Å²) in [5.74, 6) is -1.57. The van der Waals surface area contributed by atoms with Crippen LogP contribution < -0.4 is 0 Å². The Morgan fingerprint density at radius 1 is 0.276 bits per heavy atom. The number of hydrogen-bond acceptors (Lipinski definition) is 14. The molecule has 0 rings (SSSR count). The molecule has 0 aliphatic heterocycles. The van der Waals surface area contributed by atoms with Gasteiger partial charge in [0, 0.05) is 19.3 Å². The lowest BCUT2D eigenvalue weighted by Crippen LogP contribution is -2.30. The molecule has 0 saturated heterocycles. The van der Waals surface area contributed by atoms with Gasteiger partial charge in [0.1, 0.15) is 25.4 Å². The summed E-state index contributed by atoms with van der Waals surface area (Å²) < 4.78 is 61.2. The van der Waals surface area contributed by atoms with Gasteiger partial charge in [0.25, 0.3) is 0 Å². The highest BCUT2D eigenvalue weighted by molar-refractivity contribution is 7.47. The fraction of sp³-hybridized carbons (Fsp3) is 0.759. The molecular formula is C87H154O16P2. The third kappa shape index (κ3) is 81.0. The minimum atomic E-state index is -4.93. The molecule has 0 aromatic rings.